The summed E-state index contributed by atoms with van der Waals surface area (Å²) >= 11 is 0. The fourth-order valence-corrected chi connectivity index (χ4v) is 4.05. The van der Waals surface area contributed by atoms with Gasteiger partial charge in [-0.3, -0.25) is 0 Å². The molecule has 1 aliphatic carbocycles. The molecule has 1 aromatic rings. The van der Waals surface area contributed by atoms with Gasteiger partial charge < -0.3 is 5.32 Å². The lowest BCUT2D eigenvalue weighted by atomic mass is 9.72. The van der Waals surface area contributed by atoms with Crippen LogP contribution in [0.1, 0.15) is 57.6 Å². The molecule has 1 heteroatoms. The van der Waals surface area contributed by atoms with Crippen LogP contribution in [0.25, 0.3) is 0 Å². The second-order valence-corrected chi connectivity index (χ2v) is 7.43. The Labute approximate surface area is 131 Å². The van der Waals surface area contributed by atoms with E-state index in [9.17, 15) is 0 Å². The van der Waals surface area contributed by atoms with Crippen LogP contribution < -0.4 is 5.32 Å². The maximum absolute atomic E-state index is 3.84. The van der Waals surface area contributed by atoms with E-state index in [1.165, 1.54) is 43.2 Å². The van der Waals surface area contributed by atoms with Crippen LogP contribution in [-0.2, 0) is 6.42 Å². The molecule has 3 atom stereocenters. The van der Waals surface area contributed by atoms with Crippen LogP contribution in [0.2, 0.25) is 0 Å². The summed E-state index contributed by atoms with van der Waals surface area (Å²) in [6.45, 7) is 10.5. The van der Waals surface area contributed by atoms with Gasteiger partial charge in [-0.05, 0) is 68.9 Å². The van der Waals surface area contributed by atoms with Crippen LogP contribution in [0.4, 0.5) is 0 Å². The van der Waals surface area contributed by atoms with Crippen molar-refractivity contribution in [2.45, 2.75) is 65.8 Å². The molecule has 0 saturated heterocycles. The number of hydrogen-bond acceptors (Lipinski definition) is 1. The predicted molar refractivity (Wildman–Crippen MR) is 92.6 cm³/mol. The third-order valence-corrected chi connectivity index (χ3v) is 5.02. The molecule has 3 unspecified atom stereocenters. The van der Waals surface area contributed by atoms with E-state index in [-0.39, 0.29) is 0 Å². The number of rotatable bonds is 6. The minimum Gasteiger partial charge on any atom is -0.313 e. The van der Waals surface area contributed by atoms with Crippen molar-refractivity contribution in [2.24, 2.45) is 17.8 Å². The number of aryl methyl sites for hydroxylation is 1. The Morgan fingerprint density at radius 3 is 2.24 bits per heavy atom. The monoisotopic (exact) mass is 287 g/mol. The summed E-state index contributed by atoms with van der Waals surface area (Å²) in [6.07, 6.45) is 6.63. The van der Waals surface area contributed by atoms with Gasteiger partial charge in [0.1, 0.15) is 0 Å². The first-order valence-electron chi connectivity index (χ1n) is 8.87. The fourth-order valence-electron chi connectivity index (χ4n) is 4.05. The van der Waals surface area contributed by atoms with Crippen LogP contribution in [-0.4, -0.2) is 12.6 Å². The average molecular weight is 287 g/mol. The molecule has 1 fully saturated rings. The fraction of sp³-hybridized carbons (Fsp3) is 0.700. The van der Waals surface area contributed by atoms with Gasteiger partial charge in [0.2, 0.25) is 0 Å². The smallest absolute Gasteiger partial charge is 0.0136 e. The Hall–Kier alpha value is -0.820. The van der Waals surface area contributed by atoms with E-state index in [0.717, 1.165) is 24.3 Å². The van der Waals surface area contributed by atoms with Gasteiger partial charge in [0, 0.05) is 6.04 Å². The summed E-state index contributed by atoms with van der Waals surface area (Å²) in [5.41, 5.74) is 2.84. The standard InChI is InChI=1S/C20H33N/c1-5-10-21-20(14-18-8-6-15(2)7-9-18)19-12-16(3)11-17(4)13-19/h6-9,16-17,19-21H,5,10-14H2,1-4H3. The zero-order valence-electron chi connectivity index (χ0n) is 14.4. The molecule has 1 aromatic carbocycles. The quantitative estimate of drug-likeness (QED) is 0.778. The highest BCUT2D eigenvalue weighted by Gasteiger charge is 2.29. The molecule has 1 saturated carbocycles. The molecule has 0 aromatic heterocycles. The first-order valence-corrected chi connectivity index (χ1v) is 8.87. The molecular weight excluding hydrogens is 254 g/mol. The number of hydrogen-bond donors (Lipinski definition) is 1. The highest BCUT2D eigenvalue weighted by molar-refractivity contribution is 5.22. The van der Waals surface area contributed by atoms with Gasteiger partial charge in [-0.15, -0.1) is 0 Å². The lowest BCUT2D eigenvalue weighted by Crippen LogP contribution is -2.41. The van der Waals surface area contributed by atoms with Crippen molar-refractivity contribution in [3.05, 3.63) is 35.4 Å². The zero-order valence-corrected chi connectivity index (χ0v) is 14.4. The van der Waals surface area contributed by atoms with Gasteiger partial charge in [0.05, 0.1) is 0 Å². The molecular formula is C20H33N. The van der Waals surface area contributed by atoms with Crippen LogP contribution in [0.15, 0.2) is 24.3 Å². The van der Waals surface area contributed by atoms with E-state index in [1.54, 1.807) is 0 Å². The summed E-state index contributed by atoms with van der Waals surface area (Å²) in [5, 5.41) is 3.84. The molecule has 1 N–H and O–H groups in total. The van der Waals surface area contributed by atoms with Gasteiger partial charge in [-0.2, -0.15) is 0 Å². The van der Waals surface area contributed by atoms with Crippen molar-refractivity contribution in [1.29, 1.82) is 0 Å². The van der Waals surface area contributed by atoms with Gasteiger partial charge in [0.25, 0.3) is 0 Å². The van der Waals surface area contributed by atoms with Crippen LogP contribution >= 0.6 is 0 Å². The third-order valence-electron chi connectivity index (χ3n) is 5.02. The average Bonchev–Trinajstić information content (AvgIpc) is 2.44. The predicted octanol–water partition coefficient (Wildman–Crippen LogP) is 4.98. The van der Waals surface area contributed by atoms with Crippen LogP contribution in [0.3, 0.4) is 0 Å². The SMILES string of the molecule is CCCNC(Cc1ccc(C)cc1)C1CC(C)CC(C)C1. The van der Waals surface area contributed by atoms with Crippen molar-refractivity contribution in [3.63, 3.8) is 0 Å². The van der Waals surface area contributed by atoms with Gasteiger partial charge >= 0.3 is 0 Å². The van der Waals surface area contributed by atoms with Crippen molar-refractivity contribution < 1.29 is 0 Å². The first kappa shape index (κ1) is 16.5. The molecule has 0 heterocycles. The second-order valence-electron chi connectivity index (χ2n) is 7.43. The van der Waals surface area contributed by atoms with E-state index in [4.69, 9.17) is 0 Å². The molecule has 0 spiro atoms. The molecule has 2 rings (SSSR count). The van der Waals surface area contributed by atoms with E-state index in [2.05, 4.69) is 57.3 Å². The maximum atomic E-state index is 3.84. The summed E-state index contributed by atoms with van der Waals surface area (Å²) in [4.78, 5) is 0. The molecule has 118 valence electrons. The molecule has 1 nitrogen and oxygen atoms in total. The summed E-state index contributed by atoms with van der Waals surface area (Å²) in [5.74, 6) is 2.63. The minimum atomic E-state index is 0.651. The summed E-state index contributed by atoms with van der Waals surface area (Å²) in [6, 6.07) is 9.77. The molecule has 0 radical (unpaired) electrons. The van der Waals surface area contributed by atoms with Crippen LogP contribution in [0, 0.1) is 24.7 Å². The normalized spacial score (nSPS) is 27.5. The Kier molecular flexibility index (Phi) is 6.29. The van der Waals surface area contributed by atoms with Crippen LogP contribution in [0.5, 0.6) is 0 Å². The highest BCUT2D eigenvalue weighted by atomic mass is 14.9. The molecule has 0 bridgehead atoms. The molecule has 0 amide bonds. The van der Waals surface area contributed by atoms with E-state index in [0.29, 0.717) is 6.04 Å². The minimum absolute atomic E-state index is 0.651. The van der Waals surface area contributed by atoms with E-state index >= 15 is 0 Å². The lowest BCUT2D eigenvalue weighted by Gasteiger charge is -2.37. The number of benzene rings is 1. The lowest BCUT2D eigenvalue weighted by molar-refractivity contribution is 0.175. The molecule has 0 aliphatic heterocycles. The number of nitrogens with one attached hydrogen (secondary N) is 1. The van der Waals surface area contributed by atoms with E-state index < -0.39 is 0 Å². The van der Waals surface area contributed by atoms with Crippen molar-refractivity contribution in [1.82, 2.24) is 5.32 Å². The summed E-state index contributed by atoms with van der Waals surface area (Å²) in [7, 11) is 0. The Balaban J connectivity index is 2.04. The second kappa shape index (κ2) is 7.98. The zero-order chi connectivity index (χ0) is 15.2. The van der Waals surface area contributed by atoms with Crippen molar-refractivity contribution in [3.8, 4) is 0 Å². The largest absolute Gasteiger partial charge is 0.313 e. The third kappa shape index (κ3) is 5.14. The topological polar surface area (TPSA) is 12.0 Å². The Bertz CT molecular complexity index is 398. The Morgan fingerprint density at radius 1 is 1.05 bits per heavy atom. The van der Waals surface area contributed by atoms with E-state index in [1.807, 2.05) is 0 Å². The van der Waals surface area contributed by atoms with Gasteiger partial charge in [-0.1, -0.05) is 50.6 Å². The van der Waals surface area contributed by atoms with Crippen molar-refractivity contribution in [2.75, 3.05) is 6.54 Å². The van der Waals surface area contributed by atoms with Crippen molar-refractivity contribution >= 4 is 0 Å². The Morgan fingerprint density at radius 2 is 1.67 bits per heavy atom. The van der Waals surface area contributed by atoms with Gasteiger partial charge in [-0.25, -0.2) is 0 Å². The molecule has 1 aliphatic rings. The maximum Gasteiger partial charge on any atom is 0.0136 e. The first-order chi connectivity index (χ1) is 10.1. The summed E-state index contributed by atoms with van der Waals surface area (Å²) < 4.78 is 0. The van der Waals surface area contributed by atoms with Gasteiger partial charge in [0.15, 0.2) is 0 Å². The molecule has 21 heavy (non-hydrogen) atoms. The highest BCUT2D eigenvalue weighted by Crippen LogP contribution is 2.35.